The van der Waals surface area contributed by atoms with Gasteiger partial charge in [0, 0.05) is 6.54 Å². The van der Waals surface area contributed by atoms with E-state index in [1.165, 1.54) is 13.2 Å². The number of halogens is 2. The predicted molar refractivity (Wildman–Crippen MR) is 96.2 cm³/mol. The van der Waals surface area contributed by atoms with Crippen LogP contribution in [0.3, 0.4) is 0 Å². The average Bonchev–Trinajstić information content (AvgIpc) is 3.50. The Bertz CT molecular complexity index is 961. The van der Waals surface area contributed by atoms with E-state index in [0.717, 1.165) is 12.1 Å². The van der Waals surface area contributed by atoms with Gasteiger partial charge in [-0.25, -0.2) is 8.78 Å². The van der Waals surface area contributed by atoms with E-state index in [2.05, 4.69) is 10.6 Å². The van der Waals surface area contributed by atoms with Crippen LogP contribution in [0, 0.1) is 28.4 Å². The molecule has 1 saturated carbocycles. The second-order valence-electron chi connectivity index (χ2n) is 6.46. The molecule has 0 heterocycles. The van der Waals surface area contributed by atoms with Crippen LogP contribution in [-0.4, -0.2) is 18.9 Å². The number of ether oxygens (including phenoxy) is 1. The summed E-state index contributed by atoms with van der Waals surface area (Å²) in [6, 6.07) is 10.1. The molecule has 0 atom stereocenters. The lowest BCUT2D eigenvalue weighted by atomic mass is 10.0. The number of methoxy groups -OCH3 is 1. The molecule has 1 aliphatic rings. The summed E-state index contributed by atoms with van der Waals surface area (Å²) in [4.78, 5) is 25.0. The second kappa shape index (κ2) is 7.64. The number of nitrogens with zero attached hydrogens (tertiary/aromatic N) is 1. The van der Waals surface area contributed by atoms with Crippen molar-refractivity contribution in [2.24, 2.45) is 5.41 Å². The van der Waals surface area contributed by atoms with Crippen molar-refractivity contribution in [3.63, 3.8) is 0 Å². The van der Waals surface area contributed by atoms with E-state index in [1.54, 1.807) is 18.2 Å². The molecule has 8 heteroatoms. The van der Waals surface area contributed by atoms with Crippen LogP contribution in [0.4, 0.5) is 14.5 Å². The Morgan fingerprint density at radius 3 is 2.43 bits per heavy atom. The highest BCUT2D eigenvalue weighted by Crippen LogP contribution is 2.47. The third kappa shape index (κ3) is 3.64. The Labute approximate surface area is 160 Å². The molecule has 2 aromatic rings. The number of nitriles is 1. The van der Waals surface area contributed by atoms with Gasteiger partial charge in [0.2, 0.25) is 11.8 Å². The zero-order chi connectivity index (χ0) is 20.3. The molecule has 2 aromatic carbocycles. The van der Waals surface area contributed by atoms with Crippen LogP contribution in [0.25, 0.3) is 0 Å². The lowest BCUT2D eigenvalue weighted by molar-refractivity contribution is -0.134. The van der Waals surface area contributed by atoms with Gasteiger partial charge in [-0.15, -0.1) is 0 Å². The molecule has 0 bridgehead atoms. The van der Waals surface area contributed by atoms with E-state index in [9.17, 15) is 18.4 Å². The summed E-state index contributed by atoms with van der Waals surface area (Å²) in [7, 11) is 1.43. The summed E-state index contributed by atoms with van der Waals surface area (Å²) in [5, 5.41) is 13.8. The summed E-state index contributed by atoms with van der Waals surface area (Å²) in [5.74, 6) is -2.71. The van der Waals surface area contributed by atoms with Gasteiger partial charge in [0.15, 0.2) is 0 Å². The molecule has 0 saturated heterocycles. The number of para-hydroxylation sites is 1. The van der Waals surface area contributed by atoms with Crippen LogP contribution in [0.5, 0.6) is 5.75 Å². The number of amides is 2. The molecule has 144 valence electrons. The lowest BCUT2D eigenvalue weighted by Crippen LogP contribution is -2.40. The largest absolute Gasteiger partial charge is 0.495 e. The van der Waals surface area contributed by atoms with Crippen molar-refractivity contribution >= 4 is 17.5 Å². The van der Waals surface area contributed by atoms with Crippen LogP contribution in [-0.2, 0) is 16.1 Å². The summed E-state index contributed by atoms with van der Waals surface area (Å²) in [6.07, 6.45) is 0.578. The maximum atomic E-state index is 13.7. The van der Waals surface area contributed by atoms with Gasteiger partial charge in [0.05, 0.1) is 12.7 Å². The highest BCUT2D eigenvalue weighted by Gasteiger charge is 2.56. The molecule has 0 aliphatic heterocycles. The molecule has 1 fully saturated rings. The van der Waals surface area contributed by atoms with Crippen molar-refractivity contribution in [3.8, 4) is 11.8 Å². The van der Waals surface area contributed by atoms with Gasteiger partial charge in [-0.2, -0.15) is 5.26 Å². The highest BCUT2D eigenvalue weighted by atomic mass is 19.1. The van der Waals surface area contributed by atoms with E-state index in [1.807, 2.05) is 6.07 Å². The van der Waals surface area contributed by atoms with Crippen molar-refractivity contribution in [1.29, 1.82) is 5.26 Å². The fourth-order valence-corrected chi connectivity index (χ4v) is 2.82. The van der Waals surface area contributed by atoms with Crippen molar-refractivity contribution in [2.45, 2.75) is 19.4 Å². The molecule has 3 rings (SSSR count). The van der Waals surface area contributed by atoms with Crippen molar-refractivity contribution < 1.29 is 23.1 Å². The molecule has 0 radical (unpaired) electrons. The summed E-state index contributed by atoms with van der Waals surface area (Å²) in [6.45, 7) is 0.115. The highest BCUT2D eigenvalue weighted by molar-refractivity contribution is 6.13. The molecule has 2 N–H and O–H groups in total. The van der Waals surface area contributed by atoms with Crippen LogP contribution in [0.15, 0.2) is 36.4 Å². The van der Waals surface area contributed by atoms with Gasteiger partial charge in [-0.3, -0.25) is 9.59 Å². The summed E-state index contributed by atoms with van der Waals surface area (Å²) >= 11 is 0. The number of hydrogen-bond donors (Lipinski definition) is 2. The number of anilines is 1. The predicted octanol–water partition coefficient (Wildman–Crippen LogP) is 2.88. The van der Waals surface area contributed by atoms with Gasteiger partial charge in [-0.05, 0) is 42.7 Å². The zero-order valence-electron chi connectivity index (χ0n) is 15.0. The van der Waals surface area contributed by atoms with Gasteiger partial charge in [0.25, 0.3) is 0 Å². The minimum absolute atomic E-state index is 0.115. The second-order valence-corrected chi connectivity index (χ2v) is 6.46. The SMILES string of the molecule is COc1cc(CNC(=O)C2(C(=O)Nc3c(F)cccc3F)CC2)ccc1C#N. The minimum atomic E-state index is -1.34. The molecule has 6 nitrogen and oxygen atoms in total. The van der Waals surface area contributed by atoms with Crippen LogP contribution >= 0.6 is 0 Å². The van der Waals surface area contributed by atoms with E-state index in [0.29, 0.717) is 16.9 Å². The Morgan fingerprint density at radius 1 is 1.18 bits per heavy atom. The van der Waals surface area contributed by atoms with Crippen molar-refractivity contribution in [1.82, 2.24) is 5.32 Å². The Kier molecular flexibility index (Phi) is 5.27. The van der Waals surface area contributed by atoms with Crippen LogP contribution in [0.2, 0.25) is 0 Å². The monoisotopic (exact) mass is 385 g/mol. The normalized spacial score (nSPS) is 13.9. The first-order valence-electron chi connectivity index (χ1n) is 8.52. The number of carbonyl (C=O) groups is 2. The maximum absolute atomic E-state index is 13.7. The van der Waals surface area contributed by atoms with Gasteiger partial charge < -0.3 is 15.4 Å². The molecular formula is C20H17F2N3O3. The number of benzene rings is 2. The van der Waals surface area contributed by atoms with E-state index in [4.69, 9.17) is 10.00 Å². The molecule has 28 heavy (non-hydrogen) atoms. The lowest BCUT2D eigenvalue weighted by Gasteiger charge is -2.16. The van der Waals surface area contributed by atoms with Gasteiger partial charge >= 0.3 is 0 Å². The number of carbonyl (C=O) groups excluding carboxylic acids is 2. The van der Waals surface area contributed by atoms with Gasteiger partial charge in [0.1, 0.15) is 34.6 Å². The Hall–Kier alpha value is -3.47. The van der Waals surface area contributed by atoms with Crippen LogP contribution in [0.1, 0.15) is 24.0 Å². The molecule has 0 aromatic heterocycles. The molecule has 0 spiro atoms. The fraction of sp³-hybridized carbons (Fsp3) is 0.250. The summed E-state index contributed by atoms with van der Waals surface area (Å²) < 4.78 is 32.6. The number of nitrogens with one attached hydrogen (secondary N) is 2. The minimum Gasteiger partial charge on any atom is -0.495 e. The van der Waals surface area contributed by atoms with E-state index < -0.39 is 34.6 Å². The number of rotatable bonds is 6. The third-order valence-electron chi connectivity index (χ3n) is 4.66. The third-order valence-corrected chi connectivity index (χ3v) is 4.66. The molecule has 0 unspecified atom stereocenters. The van der Waals surface area contributed by atoms with Crippen molar-refractivity contribution in [2.75, 3.05) is 12.4 Å². The topological polar surface area (TPSA) is 91.2 Å². The Balaban J connectivity index is 1.67. The van der Waals surface area contributed by atoms with Crippen LogP contribution < -0.4 is 15.4 Å². The first kappa shape index (κ1) is 19.3. The van der Waals surface area contributed by atoms with E-state index in [-0.39, 0.29) is 19.4 Å². The first-order chi connectivity index (χ1) is 13.4. The molecule has 2 amide bonds. The van der Waals surface area contributed by atoms with Crippen molar-refractivity contribution in [3.05, 3.63) is 59.2 Å². The fourth-order valence-electron chi connectivity index (χ4n) is 2.82. The first-order valence-corrected chi connectivity index (χ1v) is 8.52. The standard InChI is InChI=1S/C20H17F2N3O3/c1-28-16-9-12(5-6-13(16)10-23)11-24-18(26)20(7-8-20)19(27)25-17-14(21)3-2-4-15(17)22/h2-6,9H,7-8,11H2,1H3,(H,24,26)(H,25,27). The molecular weight excluding hydrogens is 368 g/mol. The summed E-state index contributed by atoms with van der Waals surface area (Å²) in [5.41, 5.74) is -0.864. The smallest absolute Gasteiger partial charge is 0.240 e. The maximum Gasteiger partial charge on any atom is 0.240 e. The Morgan fingerprint density at radius 2 is 1.86 bits per heavy atom. The zero-order valence-corrected chi connectivity index (χ0v) is 15.0. The number of hydrogen-bond acceptors (Lipinski definition) is 4. The average molecular weight is 385 g/mol. The quantitative estimate of drug-likeness (QED) is 0.748. The van der Waals surface area contributed by atoms with Gasteiger partial charge in [-0.1, -0.05) is 12.1 Å². The van der Waals surface area contributed by atoms with E-state index >= 15 is 0 Å². The molecule has 1 aliphatic carbocycles.